The first-order valence-electron chi connectivity index (χ1n) is 6.40. The third-order valence-electron chi connectivity index (χ3n) is 3.50. The number of anilines is 1. The van der Waals surface area contributed by atoms with Gasteiger partial charge in [0, 0.05) is 25.3 Å². The molecule has 1 aliphatic rings. The maximum absolute atomic E-state index is 8.83. The van der Waals surface area contributed by atoms with Crippen LogP contribution in [0.3, 0.4) is 0 Å². The SMILES string of the molecule is CN1CCCN(c2ccc(C#N)cc2)C(CN)C1. The van der Waals surface area contributed by atoms with Gasteiger partial charge in [-0.05, 0) is 44.3 Å². The van der Waals surface area contributed by atoms with Gasteiger partial charge in [0.05, 0.1) is 17.7 Å². The summed E-state index contributed by atoms with van der Waals surface area (Å²) in [6.07, 6.45) is 1.15. The largest absolute Gasteiger partial charge is 0.366 e. The van der Waals surface area contributed by atoms with Crippen molar-refractivity contribution < 1.29 is 0 Å². The van der Waals surface area contributed by atoms with Crippen LogP contribution in [0.5, 0.6) is 0 Å². The van der Waals surface area contributed by atoms with E-state index in [-0.39, 0.29) is 0 Å². The Morgan fingerprint density at radius 2 is 2.06 bits per heavy atom. The number of rotatable bonds is 2. The van der Waals surface area contributed by atoms with Crippen molar-refractivity contribution in [1.82, 2.24) is 4.90 Å². The second-order valence-corrected chi connectivity index (χ2v) is 4.86. The summed E-state index contributed by atoms with van der Waals surface area (Å²) in [6, 6.07) is 10.3. The zero-order valence-corrected chi connectivity index (χ0v) is 10.8. The van der Waals surface area contributed by atoms with Crippen LogP contribution in [0.4, 0.5) is 5.69 Å². The number of hydrogen-bond acceptors (Lipinski definition) is 4. The van der Waals surface area contributed by atoms with E-state index < -0.39 is 0 Å². The molecule has 1 heterocycles. The molecule has 0 bridgehead atoms. The lowest BCUT2D eigenvalue weighted by atomic mass is 10.1. The molecule has 18 heavy (non-hydrogen) atoms. The quantitative estimate of drug-likeness (QED) is 0.844. The van der Waals surface area contributed by atoms with Crippen LogP contribution in [0.25, 0.3) is 0 Å². The van der Waals surface area contributed by atoms with Crippen LogP contribution >= 0.6 is 0 Å². The van der Waals surface area contributed by atoms with Crippen molar-refractivity contribution in [2.75, 3.05) is 38.1 Å². The van der Waals surface area contributed by atoms with Crippen molar-refractivity contribution in [3.8, 4) is 6.07 Å². The van der Waals surface area contributed by atoms with Crippen LogP contribution in [0, 0.1) is 11.3 Å². The van der Waals surface area contributed by atoms with Crippen LogP contribution in [0.1, 0.15) is 12.0 Å². The minimum Gasteiger partial charge on any atom is -0.366 e. The third kappa shape index (κ3) is 2.81. The summed E-state index contributed by atoms with van der Waals surface area (Å²) in [7, 11) is 2.14. The molecule has 1 aromatic rings. The molecule has 0 aliphatic carbocycles. The van der Waals surface area contributed by atoms with Gasteiger partial charge in [0.2, 0.25) is 0 Å². The minimum atomic E-state index is 0.352. The smallest absolute Gasteiger partial charge is 0.0991 e. The summed E-state index contributed by atoms with van der Waals surface area (Å²) >= 11 is 0. The predicted octanol–water partition coefficient (Wildman–Crippen LogP) is 1.03. The maximum Gasteiger partial charge on any atom is 0.0991 e. The number of benzene rings is 1. The predicted molar refractivity (Wildman–Crippen MR) is 73.5 cm³/mol. The second-order valence-electron chi connectivity index (χ2n) is 4.86. The highest BCUT2D eigenvalue weighted by Gasteiger charge is 2.22. The summed E-state index contributed by atoms with van der Waals surface area (Å²) < 4.78 is 0. The highest BCUT2D eigenvalue weighted by Crippen LogP contribution is 2.20. The van der Waals surface area contributed by atoms with E-state index in [1.807, 2.05) is 24.3 Å². The minimum absolute atomic E-state index is 0.352. The Bertz CT molecular complexity index is 420. The van der Waals surface area contributed by atoms with Crippen molar-refractivity contribution in [3.05, 3.63) is 29.8 Å². The number of nitriles is 1. The van der Waals surface area contributed by atoms with Gasteiger partial charge in [-0.1, -0.05) is 0 Å². The van der Waals surface area contributed by atoms with Gasteiger partial charge in [0.15, 0.2) is 0 Å². The summed E-state index contributed by atoms with van der Waals surface area (Å²) in [5.74, 6) is 0. The first-order valence-corrected chi connectivity index (χ1v) is 6.40. The van der Waals surface area contributed by atoms with E-state index in [0.717, 1.165) is 26.1 Å². The molecule has 0 saturated carbocycles. The van der Waals surface area contributed by atoms with E-state index in [2.05, 4.69) is 22.9 Å². The molecule has 1 saturated heterocycles. The summed E-state index contributed by atoms with van der Waals surface area (Å²) in [5, 5.41) is 8.83. The molecule has 2 rings (SSSR count). The van der Waals surface area contributed by atoms with Crippen LogP contribution in [0.15, 0.2) is 24.3 Å². The summed E-state index contributed by atoms with van der Waals surface area (Å²) in [4.78, 5) is 4.70. The van der Waals surface area contributed by atoms with E-state index in [4.69, 9.17) is 11.0 Å². The van der Waals surface area contributed by atoms with Crippen LogP contribution in [-0.2, 0) is 0 Å². The molecule has 96 valence electrons. The summed E-state index contributed by atoms with van der Waals surface area (Å²) in [5.41, 5.74) is 7.77. The molecule has 1 unspecified atom stereocenters. The lowest BCUT2D eigenvalue weighted by Gasteiger charge is -2.32. The highest BCUT2D eigenvalue weighted by atomic mass is 15.2. The maximum atomic E-state index is 8.83. The first kappa shape index (κ1) is 12.9. The monoisotopic (exact) mass is 244 g/mol. The molecule has 0 spiro atoms. The number of nitrogens with zero attached hydrogens (tertiary/aromatic N) is 3. The first-order chi connectivity index (χ1) is 8.74. The zero-order valence-electron chi connectivity index (χ0n) is 10.8. The van der Waals surface area contributed by atoms with Gasteiger partial charge in [-0.25, -0.2) is 0 Å². The van der Waals surface area contributed by atoms with Crippen molar-refractivity contribution in [2.45, 2.75) is 12.5 Å². The van der Waals surface area contributed by atoms with E-state index >= 15 is 0 Å². The van der Waals surface area contributed by atoms with Gasteiger partial charge in [-0.2, -0.15) is 5.26 Å². The van der Waals surface area contributed by atoms with E-state index in [9.17, 15) is 0 Å². The fourth-order valence-corrected chi connectivity index (χ4v) is 2.51. The van der Waals surface area contributed by atoms with Gasteiger partial charge < -0.3 is 15.5 Å². The number of hydrogen-bond donors (Lipinski definition) is 1. The normalized spacial score (nSPS) is 21.4. The fraction of sp³-hybridized carbons (Fsp3) is 0.500. The summed E-state index contributed by atoms with van der Waals surface area (Å²) in [6.45, 7) is 3.79. The van der Waals surface area contributed by atoms with Gasteiger partial charge >= 0.3 is 0 Å². The third-order valence-corrected chi connectivity index (χ3v) is 3.50. The Hall–Kier alpha value is -1.57. The van der Waals surface area contributed by atoms with Gasteiger partial charge in [-0.15, -0.1) is 0 Å². The van der Waals surface area contributed by atoms with Crippen molar-refractivity contribution >= 4 is 5.69 Å². The fourth-order valence-electron chi connectivity index (χ4n) is 2.51. The standard InChI is InChI=1S/C14H20N4/c1-17-7-2-8-18(14(10-16)11-17)13-5-3-12(9-15)4-6-13/h3-6,14H,2,7-8,10-11,16H2,1H3. The van der Waals surface area contributed by atoms with E-state index in [1.165, 1.54) is 5.69 Å². The average molecular weight is 244 g/mol. The van der Waals surface area contributed by atoms with Crippen molar-refractivity contribution in [2.24, 2.45) is 5.73 Å². The highest BCUT2D eigenvalue weighted by molar-refractivity contribution is 5.50. The molecule has 1 fully saturated rings. The molecule has 1 atom stereocenters. The Labute approximate surface area is 109 Å². The number of nitrogens with two attached hydrogens (primary N) is 1. The zero-order chi connectivity index (χ0) is 13.0. The molecule has 4 heteroatoms. The van der Waals surface area contributed by atoms with E-state index in [1.54, 1.807) is 0 Å². The van der Waals surface area contributed by atoms with Crippen molar-refractivity contribution in [3.63, 3.8) is 0 Å². The molecule has 4 nitrogen and oxygen atoms in total. The lowest BCUT2D eigenvalue weighted by Crippen LogP contribution is -2.45. The molecule has 1 aliphatic heterocycles. The van der Waals surface area contributed by atoms with Gasteiger partial charge in [0.25, 0.3) is 0 Å². The average Bonchev–Trinajstić information content (AvgIpc) is 2.60. The van der Waals surface area contributed by atoms with Crippen LogP contribution in [-0.4, -0.2) is 44.2 Å². The van der Waals surface area contributed by atoms with Crippen LogP contribution in [0.2, 0.25) is 0 Å². The number of likely N-dealkylation sites (N-methyl/N-ethyl adjacent to an activating group) is 1. The Balaban J connectivity index is 2.20. The van der Waals surface area contributed by atoms with Gasteiger partial charge in [-0.3, -0.25) is 0 Å². The Morgan fingerprint density at radius 1 is 1.33 bits per heavy atom. The Kier molecular flexibility index (Phi) is 4.19. The topological polar surface area (TPSA) is 56.3 Å². The van der Waals surface area contributed by atoms with Crippen LogP contribution < -0.4 is 10.6 Å². The molecule has 2 N–H and O–H groups in total. The van der Waals surface area contributed by atoms with Crippen molar-refractivity contribution in [1.29, 1.82) is 5.26 Å². The molecule has 0 aromatic heterocycles. The lowest BCUT2D eigenvalue weighted by molar-refractivity contribution is 0.332. The Morgan fingerprint density at radius 3 is 2.67 bits per heavy atom. The molecule has 0 amide bonds. The second kappa shape index (κ2) is 5.85. The molecular formula is C14H20N4. The van der Waals surface area contributed by atoms with Gasteiger partial charge in [0.1, 0.15) is 0 Å². The van der Waals surface area contributed by atoms with E-state index in [0.29, 0.717) is 18.2 Å². The molecule has 0 radical (unpaired) electrons. The molecular weight excluding hydrogens is 224 g/mol. The molecule has 1 aromatic carbocycles.